The molecule has 0 spiro atoms. The molecule has 2 aromatic heterocycles. The van der Waals surface area contributed by atoms with Crippen molar-refractivity contribution in [2.75, 3.05) is 5.73 Å². The number of ether oxygens (including phenoxy) is 1. The number of pyridine rings is 2. The zero-order valence-electron chi connectivity index (χ0n) is 10.5. The van der Waals surface area contributed by atoms with E-state index in [2.05, 4.69) is 9.97 Å². The highest BCUT2D eigenvalue weighted by molar-refractivity contribution is 5.84. The monoisotopic (exact) mass is 251 g/mol. The summed E-state index contributed by atoms with van der Waals surface area (Å²) < 4.78 is 5.80. The van der Waals surface area contributed by atoms with E-state index in [1.165, 1.54) is 0 Å². The van der Waals surface area contributed by atoms with Crippen molar-refractivity contribution in [3.8, 4) is 11.6 Å². The number of hydrogen-bond donors (Lipinski definition) is 1. The normalized spacial score (nSPS) is 10.6. The lowest BCUT2D eigenvalue weighted by molar-refractivity contribution is 0.467. The molecule has 0 radical (unpaired) electrons. The van der Waals surface area contributed by atoms with E-state index in [-0.39, 0.29) is 0 Å². The van der Waals surface area contributed by atoms with Crippen LogP contribution in [0.25, 0.3) is 10.9 Å². The van der Waals surface area contributed by atoms with Gasteiger partial charge in [0.25, 0.3) is 0 Å². The van der Waals surface area contributed by atoms with Gasteiger partial charge in [0.2, 0.25) is 5.88 Å². The van der Waals surface area contributed by atoms with Crippen molar-refractivity contribution in [3.63, 3.8) is 0 Å². The summed E-state index contributed by atoms with van der Waals surface area (Å²) in [5, 5.41) is 1.03. The van der Waals surface area contributed by atoms with Crippen molar-refractivity contribution < 1.29 is 4.74 Å². The van der Waals surface area contributed by atoms with E-state index in [1.54, 1.807) is 12.4 Å². The molecule has 3 aromatic rings. The maximum Gasteiger partial charge on any atom is 0.219 e. The van der Waals surface area contributed by atoms with Crippen LogP contribution in [0.4, 0.5) is 5.69 Å². The topological polar surface area (TPSA) is 61.0 Å². The first-order valence-electron chi connectivity index (χ1n) is 5.98. The molecular formula is C15H13N3O. The van der Waals surface area contributed by atoms with Gasteiger partial charge in [0.15, 0.2) is 5.75 Å². The average Bonchev–Trinajstić information content (AvgIpc) is 2.43. The number of benzene rings is 1. The van der Waals surface area contributed by atoms with Crippen LogP contribution < -0.4 is 10.5 Å². The highest BCUT2D eigenvalue weighted by Crippen LogP contribution is 2.28. The molecule has 4 nitrogen and oxygen atoms in total. The summed E-state index contributed by atoms with van der Waals surface area (Å²) in [4.78, 5) is 8.51. The van der Waals surface area contributed by atoms with Crippen LogP contribution in [-0.2, 0) is 0 Å². The number of fused-ring (bicyclic) bond motifs is 1. The average molecular weight is 251 g/mol. The fourth-order valence-electron chi connectivity index (χ4n) is 1.87. The van der Waals surface area contributed by atoms with Gasteiger partial charge in [0, 0.05) is 17.6 Å². The van der Waals surface area contributed by atoms with Gasteiger partial charge < -0.3 is 10.5 Å². The Hall–Kier alpha value is -2.62. The number of nitrogen functional groups attached to an aromatic ring is 1. The van der Waals surface area contributed by atoms with Crippen molar-refractivity contribution >= 4 is 16.6 Å². The van der Waals surface area contributed by atoms with E-state index in [0.29, 0.717) is 17.3 Å². The van der Waals surface area contributed by atoms with Crippen molar-refractivity contribution in [2.45, 2.75) is 6.92 Å². The number of hydrogen-bond acceptors (Lipinski definition) is 4. The third-order valence-corrected chi connectivity index (χ3v) is 2.94. The van der Waals surface area contributed by atoms with Crippen LogP contribution in [0.1, 0.15) is 5.56 Å². The number of aryl methyl sites for hydroxylation is 1. The van der Waals surface area contributed by atoms with Crippen molar-refractivity contribution in [1.82, 2.24) is 9.97 Å². The zero-order chi connectivity index (χ0) is 13.2. The number of anilines is 1. The van der Waals surface area contributed by atoms with Crippen LogP contribution in [-0.4, -0.2) is 9.97 Å². The standard InChI is InChI=1S/C15H13N3O/c1-10-8-14(18-9-12(10)16)19-13-6-2-4-11-5-3-7-17-15(11)13/h2-9H,16H2,1H3. The van der Waals surface area contributed by atoms with Crippen LogP contribution in [0, 0.1) is 6.92 Å². The van der Waals surface area contributed by atoms with Crippen LogP contribution in [0.5, 0.6) is 11.6 Å². The smallest absolute Gasteiger partial charge is 0.219 e. The van der Waals surface area contributed by atoms with Crippen molar-refractivity contribution in [1.29, 1.82) is 0 Å². The van der Waals surface area contributed by atoms with E-state index in [4.69, 9.17) is 10.5 Å². The van der Waals surface area contributed by atoms with Gasteiger partial charge in [-0.25, -0.2) is 4.98 Å². The second-order valence-corrected chi connectivity index (χ2v) is 4.31. The molecule has 2 N–H and O–H groups in total. The Bertz CT molecular complexity index is 735. The van der Waals surface area contributed by atoms with Crippen LogP contribution in [0.3, 0.4) is 0 Å². The third kappa shape index (κ3) is 2.20. The van der Waals surface area contributed by atoms with Crippen LogP contribution in [0.2, 0.25) is 0 Å². The Balaban J connectivity index is 2.03. The minimum absolute atomic E-state index is 0.518. The number of para-hydroxylation sites is 1. The molecule has 2 heterocycles. The lowest BCUT2D eigenvalue weighted by Gasteiger charge is -2.08. The number of rotatable bonds is 2. The predicted octanol–water partition coefficient (Wildman–Crippen LogP) is 3.31. The molecule has 94 valence electrons. The van der Waals surface area contributed by atoms with E-state index in [1.807, 2.05) is 43.3 Å². The number of nitrogens with two attached hydrogens (primary N) is 1. The molecule has 0 atom stereocenters. The summed E-state index contributed by atoms with van der Waals surface area (Å²) in [5.74, 6) is 1.21. The highest BCUT2D eigenvalue weighted by atomic mass is 16.5. The molecule has 4 heteroatoms. The van der Waals surface area contributed by atoms with Crippen molar-refractivity contribution in [2.24, 2.45) is 0 Å². The maximum absolute atomic E-state index is 5.80. The van der Waals surface area contributed by atoms with Gasteiger partial charge in [-0.05, 0) is 24.6 Å². The van der Waals surface area contributed by atoms with Crippen molar-refractivity contribution in [3.05, 3.63) is 54.4 Å². The molecule has 0 saturated carbocycles. The molecule has 19 heavy (non-hydrogen) atoms. The molecular weight excluding hydrogens is 238 g/mol. The second kappa shape index (κ2) is 4.57. The van der Waals surface area contributed by atoms with E-state index in [0.717, 1.165) is 16.5 Å². The fourth-order valence-corrected chi connectivity index (χ4v) is 1.87. The molecule has 0 saturated heterocycles. The number of nitrogens with zero attached hydrogens (tertiary/aromatic N) is 2. The van der Waals surface area contributed by atoms with Crippen LogP contribution in [0.15, 0.2) is 48.8 Å². The Kier molecular flexibility index (Phi) is 2.76. The minimum Gasteiger partial charge on any atom is -0.437 e. The van der Waals surface area contributed by atoms with Gasteiger partial charge >= 0.3 is 0 Å². The molecule has 0 unspecified atom stereocenters. The summed E-state index contributed by atoms with van der Waals surface area (Å²) in [6.07, 6.45) is 3.35. The largest absolute Gasteiger partial charge is 0.437 e. The number of aromatic nitrogens is 2. The molecule has 0 aliphatic heterocycles. The van der Waals surface area contributed by atoms with E-state index < -0.39 is 0 Å². The Morgan fingerprint density at radius 3 is 2.79 bits per heavy atom. The molecule has 0 aliphatic rings. The summed E-state index contributed by atoms with van der Waals surface area (Å²) in [7, 11) is 0. The first-order chi connectivity index (χ1) is 9.24. The quantitative estimate of drug-likeness (QED) is 0.759. The van der Waals surface area contributed by atoms with Gasteiger partial charge in [0.1, 0.15) is 5.52 Å². The SMILES string of the molecule is Cc1cc(Oc2cccc3cccnc23)ncc1N. The van der Waals surface area contributed by atoms with E-state index in [9.17, 15) is 0 Å². The Morgan fingerprint density at radius 1 is 1.11 bits per heavy atom. The lowest BCUT2D eigenvalue weighted by Crippen LogP contribution is -1.94. The molecule has 0 bridgehead atoms. The van der Waals surface area contributed by atoms with Gasteiger partial charge in [-0.15, -0.1) is 0 Å². The third-order valence-electron chi connectivity index (χ3n) is 2.94. The summed E-state index contributed by atoms with van der Waals surface area (Å²) >= 11 is 0. The lowest BCUT2D eigenvalue weighted by atomic mass is 10.2. The summed E-state index contributed by atoms with van der Waals surface area (Å²) in [5.41, 5.74) is 8.16. The van der Waals surface area contributed by atoms with Gasteiger partial charge in [-0.3, -0.25) is 4.98 Å². The predicted molar refractivity (Wildman–Crippen MR) is 75.2 cm³/mol. The van der Waals surface area contributed by atoms with Crippen LogP contribution >= 0.6 is 0 Å². The minimum atomic E-state index is 0.518. The second-order valence-electron chi connectivity index (χ2n) is 4.31. The molecule has 1 aromatic carbocycles. The molecule has 0 fully saturated rings. The molecule has 0 aliphatic carbocycles. The highest BCUT2D eigenvalue weighted by Gasteiger charge is 2.06. The van der Waals surface area contributed by atoms with Gasteiger partial charge in [-0.1, -0.05) is 18.2 Å². The molecule has 0 amide bonds. The summed E-state index contributed by atoms with van der Waals surface area (Å²) in [6, 6.07) is 11.5. The van der Waals surface area contributed by atoms with Gasteiger partial charge in [-0.2, -0.15) is 0 Å². The Labute approximate surface area is 110 Å². The fraction of sp³-hybridized carbons (Fsp3) is 0.0667. The summed E-state index contributed by atoms with van der Waals surface area (Å²) in [6.45, 7) is 1.92. The van der Waals surface area contributed by atoms with Gasteiger partial charge in [0.05, 0.1) is 11.9 Å². The molecule has 3 rings (SSSR count). The first kappa shape index (κ1) is 11.5. The first-order valence-corrected chi connectivity index (χ1v) is 5.98. The maximum atomic E-state index is 5.80. The van der Waals surface area contributed by atoms with E-state index >= 15 is 0 Å². The zero-order valence-corrected chi connectivity index (χ0v) is 10.5. The Morgan fingerprint density at radius 2 is 1.95 bits per heavy atom.